The molecule has 136 valence electrons. The molecular formula is C16H21ClN4O4. The van der Waals surface area contributed by atoms with Crippen LogP contribution in [0.3, 0.4) is 0 Å². The quantitative estimate of drug-likeness (QED) is 0.478. The van der Waals surface area contributed by atoms with E-state index in [1.807, 2.05) is 13.8 Å². The van der Waals surface area contributed by atoms with Crippen molar-refractivity contribution in [3.63, 3.8) is 0 Å². The van der Waals surface area contributed by atoms with Gasteiger partial charge in [-0.05, 0) is 25.4 Å². The highest BCUT2D eigenvalue weighted by molar-refractivity contribution is 6.66. The maximum absolute atomic E-state index is 11.1. The monoisotopic (exact) mass is 368 g/mol. The normalized spacial score (nSPS) is 9.72. The van der Waals surface area contributed by atoms with E-state index in [0.29, 0.717) is 13.2 Å². The molecule has 0 fully saturated rings. The Balaban J connectivity index is 0.000000380. The zero-order valence-corrected chi connectivity index (χ0v) is 14.8. The van der Waals surface area contributed by atoms with Crippen LogP contribution in [0.25, 0.3) is 0 Å². The Morgan fingerprint density at radius 1 is 1.12 bits per heavy atom. The van der Waals surface area contributed by atoms with E-state index in [1.165, 1.54) is 29.5 Å². The van der Waals surface area contributed by atoms with Crippen molar-refractivity contribution in [2.75, 3.05) is 13.2 Å². The Bertz CT molecular complexity index is 593. The van der Waals surface area contributed by atoms with Crippen molar-refractivity contribution in [3.8, 4) is 0 Å². The number of hydrogen-bond acceptors (Lipinski definition) is 6. The van der Waals surface area contributed by atoms with E-state index in [1.54, 1.807) is 31.1 Å². The number of rotatable bonds is 6. The van der Waals surface area contributed by atoms with Gasteiger partial charge in [0.1, 0.15) is 6.33 Å². The van der Waals surface area contributed by atoms with Gasteiger partial charge in [-0.25, -0.2) is 9.97 Å². The Labute approximate surface area is 151 Å². The number of aromatic nitrogens is 4. The minimum absolute atomic E-state index is 0.166. The predicted molar refractivity (Wildman–Crippen MR) is 93.8 cm³/mol. The minimum atomic E-state index is -0.515. The Hall–Kier alpha value is -2.87. The molecule has 0 atom stereocenters. The molecule has 0 aromatic carbocycles. The van der Waals surface area contributed by atoms with E-state index in [9.17, 15) is 9.59 Å². The van der Waals surface area contributed by atoms with Gasteiger partial charge in [0.25, 0.3) is 5.91 Å². The Morgan fingerprint density at radius 3 is 2.20 bits per heavy atom. The molecule has 0 aliphatic rings. The average Bonchev–Trinajstić information content (AvgIpc) is 3.32. The highest BCUT2D eigenvalue weighted by Gasteiger charge is 1.96. The zero-order chi connectivity index (χ0) is 18.8. The van der Waals surface area contributed by atoms with Crippen molar-refractivity contribution >= 4 is 22.8 Å². The maximum Gasteiger partial charge on any atom is 0.258 e. The largest absolute Gasteiger partial charge is 0.501 e. The summed E-state index contributed by atoms with van der Waals surface area (Å²) in [4.78, 5) is 31.2. The van der Waals surface area contributed by atoms with Crippen LogP contribution in [0.4, 0.5) is 0 Å². The van der Waals surface area contributed by atoms with Crippen LogP contribution < -0.4 is 0 Å². The number of nitrogens with zero attached hydrogens (tertiary/aromatic N) is 3. The second-order valence-corrected chi connectivity index (χ2v) is 4.26. The molecule has 1 N–H and O–H groups in total. The number of nitrogens with one attached hydrogen (secondary N) is 1. The van der Waals surface area contributed by atoms with E-state index >= 15 is 0 Å². The van der Waals surface area contributed by atoms with Crippen LogP contribution in [0.15, 0.2) is 62.1 Å². The molecular weight excluding hydrogens is 348 g/mol. The second kappa shape index (κ2) is 16.0. The summed E-state index contributed by atoms with van der Waals surface area (Å²) >= 11 is 4.91. The number of carbonyl (C=O) groups is 2. The van der Waals surface area contributed by atoms with Gasteiger partial charge < -0.3 is 14.5 Å². The lowest BCUT2D eigenvalue weighted by atomic mass is 10.5. The van der Waals surface area contributed by atoms with Gasteiger partial charge in [0, 0.05) is 36.9 Å². The van der Waals surface area contributed by atoms with Crippen LogP contribution in [0.2, 0.25) is 0 Å². The van der Waals surface area contributed by atoms with E-state index in [4.69, 9.17) is 16.3 Å². The van der Waals surface area contributed by atoms with Crippen LogP contribution in [0.1, 0.15) is 18.6 Å². The van der Waals surface area contributed by atoms with Gasteiger partial charge in [0.05, 0.1) is 32.1 Å². The number of aromatic amines is 1. The lowest BCUT2D eigenvalue weighted by Gasteiger charge is -1.93. The van der Waals surface area contributed by atoms with Crippen LogP contribution in [-0.2, 0) is 14.3 Å². The first-order chi connectivity index (χ1) is 12.1. The van der Waals surface area contributed by atoms with Crippen molar-refractivity contribution in [1.82, 2.24) is 19.5 Å². The van der Waals surface area contributed by atoms with E-state index in [0.717, 1.165) is 6.08 Å². The number of H-pyrrole nitrogens is 1. The van der Waals surface area contributed by atoms with Crippen molar-refractivity contribution in [2.24, 2.45) is 0 Å². The van der Waals surface area contributed by atoms with Crippen molar-refractivity contribution < 1.29 is 19.1 Å². The standard InChI is InChI=1S/C8H10N2O2.C5H7ClO2.C3H4N2/c1-2-12-6-3-8(11)10-5-4-9-7-10;1-2-8-4-3-5(6)7;1-2-5-3-4-1/h3-7H,2H2,1H3;3-4H,2H2,1H3;1-3H,(H,4,5)/b6-3+;4-3+;. The maximum atomic E-state index is 11.1. The molecule has 0 bridgehead atoms. The first kappa shape index (κ1) is 22.1. The topological polar surface area (TPSA) is 99.1 Å². The SMILES string of the molecule is CCO/C=C/C(=O)Cl.CCO/C=C/C(=O)n1ccnc1.c1c[nH]cn1. The third-order valence-electron chi connectivity index (χ3n) is 2.10. The third kappa shape index (κ3) is 14.5. The molecule has 8 nitrogen and oxygen atoms in total. The van der Waals surface area contributed by atoms with Gasteiger partial charge in [-0.15, -0.1) is 0 Å². The zero-order valence-electron chi connectivity index (χ0n) is 14.0. The van der Waals surface area contributed by atoms with Gasteiger partial charge >= 0.3 is 0 Å². The number of halogens is 1. The molecule has 25 heavy (non-hydrogen) atoms. The molecule has 9 heteroatoms. The van der Waals surface area contributed by atoms with E-state index < -0.39 is 5.24 Å². The van der Waals surface area contributed by atoms with Crippen LogP contribution >= 0.6 is 11.6 Å². The highest BCUT2D eigenvalue weighted by atomic mass is 35.5. The molecule has 2 aromatic rings. The molecule has 2 rings (SSSR count). The fourth-order valence-corrected chi connectivity index (χ4v) is 1.14. The molecule has 0 unspecified atom stereocenters. The number of imidazole rings is 2. The van der Waals surface area contributed by atoms with Crippen molar-refractivity contribution in [1.29, 1.82) is 0 Å². The van der Waals surface area contributed by atoms with Gasteiger partial charge in [0.15, 0.2) is 0 Å². The van der Waals surface area contributed by atoms with Gasteiger partial charge in [-0.3, -0.25) is 14.2 Å². The van der Waals surface area contributed by atoms with Crippen LogP contribution in [0, 0.1) is 0 Å². The smallest absolute Gasteiger partial charge is 0.258 e. The second-order valence-electron chi connectivity index (χ2n) is 3.89. The fourth-order valence-electron chi connectivity index (χ4n) is 1.09. The first-order valence-electron chi connectivity index (χ1n) is 7.32. The first-order valence-corrected chi connectivity index (χ1v) is 7.70. The summed E-state index contributed by atoms with van der Waals surface area (Å²) in [6.45, 7) is 4.80. The Morgan fingerprint density at radius 2 is 1.80 bits per heavy atom. The van der Waals surface area contributed by atoms with Gasteiger partial charge in [0.2, 0.25) is 5.24 Å². The summed E-state index contributed by atoms with van der Waals surface area (Å²) in [7, 11) is 0. The summed E-state index contributed by atoms with van der Waals surface area (Å²) in [5, 5.41) is -0.515. The molecule has 0 saturated heterocycles. The molecule has 0 saturated carbocycles. The summed E-state index contributed by atoms with van der Waals surface area (Å²) in [5.41, 5.74) is 0. The molecule has 0 radical (unpaired) electrons. The highest BCUT2D eigenvalue weighted by Crippen LogP contribution is 1.88. The molecule has 0 spiro atoms. The van der Waals surface area contributed by atoms with E-state index in [2.05, 4.69) is 19.7 Å². The van der Waals surface area contributed by atoms with Gasteiger partial charge in [-0.2, -0.15) is 0 Å². The Kier molecular flexibility index (Phi) is 14.2. The average molecular weight is 369 g/mol. The van der Waals surface area contributed by atoms with Crippen LogP contribution in [0.5, 0.6) is 0 Å². The van der Waals surface area contributed by atoms with Gasteiger partial charge in [-0.1, -0.05) is 0 Å². The summed E-state index contributed by atoms with van der Waals surface area (Å²) in [5.74, 6) is -0.166. The summed E-state index contributed by atoms with van der Waals surface area (Å²) < 4.78 is 10.9. The molecule has 2 aromatic heterocycles. The summed E-state index contributed by atoms with van der Waals surface area (Å²) in [6.07, 6.45) is 14.8. The minimum Gasteiger partial charge on any atom is -0.501 e. The third-order valence-corrected chi connectivity index (χ3v) is 2.23. The molecule has 0 aliphatic carbocycles. The molecule has 0 aliphatic heterocycles. The van der Waals surface area contributed by atoms with Crippen molar-refractivity contribution in [2.45, 2.75) is 13.8 Å². The lowest BCUT2D eigenvalue weighted by molar-refractivity contribution is -0.107. The predicted octanol–water partition coefficient (Wildman–Crippen LogP) is 2.79. The van der Waals surface area contributed by atoms with Crippen LogP contribution in [-0.4, -0.2) is 43.9 Å². The van der Waals surface area contributed by atoms with E-state index in [-0.39, 0.29) is 5.91 Å². The number of hydrogen-bond donors (Lipinski definition) is 1. The number of ether oxygens (including phenoxy) is 2. The van der Waals surface area contributed by atoms with Crippen molar-refractivity contribution in [3.05, 3.63) is 62.1 Å². The fraction of sp³-hybridized carbons (Fsp3) is 0.250. The lowest BCUT2D eigenvalue weighted by Crippen LogP contribution is -2.03. The summed E-state index contributed by atoms with van der Waals surface area (Å²) in [6, 6.07) is 0. The number of allylic oxidation sites excluding steroid dienone is 2. The molecule has 0 amide bonds. The molecule has 2 heterocycles. The number of carbonyl (C=O) groups excluding carboxylic acids is 2.